The van der Waals surface area contributed by atoms with Gasteiger partial charge in [0.1, 0.15) is 0 Å². The third kappa shape index (κ3) is 4.34. The van der Waals surface area contributed by atoms with Crippen LogP contribution in [0.2, 0.25) is 0 Å². The maximum absolute atomic E-state index is 5.49. The second kappa shape index (κ2) is 12.8. The van der Waals surface area contributed by atoms with Gasteiger partial charge in [0.2, 0.25) is 0 Å². The number of fused-ring (bicyclic) bond motifs is 21. The van der Waals surface area contributed by atoms with Crippen LogP contribution in [0.25, 0.3) is 33.6 Å². The van der Waals surface area contributed by atoms with Crippen molar-refractivity contribution in [3.05, 3.63) is 263 Å². The molecule has 0 saturated carbocycles. The van der Waals surface area contributed by atoms with Gasteiger partial charge in [-0.25, -0.2) is 0 Å². The summed E-state index contributed by atoms with van der Waals surface area (Å²) in [5.74, 6) is 0. The van der Waals surface area contributed by atoms with Crippen molar-refractivity contribution in [3.63, 3.8) is 0 Å². The smallest absolute Gasteiger partial charge is 0.0939 e. The number of para-hydroxylation sites is 5. The predicted octanol–water partition coefficient (Wildman–Crippen LogP) is 14.9. The maximum Gasteiger partial charge on any atom is 0.0939 e. The van der Waals surface area contributed by atoms with E-state index in [9.17, 15) is 0 Å². The quantitative estimate of drug-likeness (QED) is 0.173. The van der Waals surface area contributed by atoms with Crippen molar-refractivity contribution < 1.29 is 0 Å². The summed E-state index contributed by atoms with van der Waals surface area (Å²) >= 11 is 1.90. The summed E-state index contributed by atoms with van der Waals surface area (Å²) in [4.78, 5) is 18.0. The van der Waals surface area contributed by atoms with Crippen molar-refractivity contribution in [1.82, 2.24) is 9.97 Å². The van der Waals surface area contributed by atoms with E-state index in [-0.39, 0.29) is 0 Å². The van der Waals surface area contributed by atoms with E-state index in [1.165, 1.54) is 71.0 Å². The van der Waals surface area contributed by atoms with Crippen molar-refractivity contribution >= 4 is 45.9 Å². The highest BCUT2D eigenvalue weighted by molar-refractivity contribution is 7.99. The number of pyridine rings is 2. The molecule has 10 aromatic rings. The molecule has 8 aromatic carbocycles. The van der Waals surface area contributed by atoms with Crippen LogP contribution in [0, 0.1) is 0 Å². The van der Waals surface area contributed by atoms with Crippen molar-refractivity contribution in [2.24, 2.45) is 0 Å². The van der Waals surface area contributed by atoms with Gasteiger partial charge in [-0.2, -0.15) is 0 Å². The summed E-state index contributed by atoms with van der Waals surface area (Å²) < 4.78 is 0. The molecule has 65 heavy (non-hydrogen) atoms. The molecule has 302 valence electrons. The summed E-state index contributed by atoms with van der Waals surface area (Å²) in [6, 6.07) is 76.5. The van der Waals surface area contributed by atoms with Crippen LogP contribution >= 0.6 is 11.8 Å². The minimum atomic E-state index is -0.699. The fourth-order valence-electron chi connectivity index (χ4n) is 12.4. The molecule has 0 bridgehead atoms. The molecule has 0 amide bonds. The minimum Gasteiger partial charge on any atom is -0.306 e. The van der Waals surface area contributed by atoms with Gasteiger partial charge >= 0.3 is 0 Å². The van der Waals surface area contributed by atoms with Crippen LogP contribution in [-0.2, 0) is 10.8 Å². The molecule has 4 nitrogen and oxygen atoms in total. The Kier molecular flexibility index (Phi) is 6.99. The first kappa shape index (κ1) is 35.5. The highest BCUT2D eigenvalue weighted by Gasteiger charge is 2.56. The van der Waals surface area contributed by atoms with E-state index in [2.05, 4.69) is 222 Å². The number of hydrogen-bond donors (Lipinski definition) is 0. The molecule has 4 heterocycles. The fourth-order valence-corrected chi connectivity index (χ4v) is 13.6. The van der Waals surface area contributed by atoms with E-state index in [1.54, 1.807) is 0 Å². The maximum atomic E-state index is 5.49. The Morgan fingerprint density at radius 3 is 1.46 bits per heavy atom. The zero-order valence-electron chi connectivity index (χ0n) is 35.0. The highest BCUT2D eigenvalue weighted by Crippen LogP contribution is 2.67. The van der Waals surface area contributed by atoms with Gasteiger partial charge in [0, 0.05) is 27.2 Å². The lowest BCUT2D eigenvalue weighted by molar-refractivity contribution is 0.714. The van der Waals surface area contributed by atoms with Crippen molar-refractivity contribution in [3.8, 4) is 33.6 Å². The monoisotopic (exact) mass is 844 g/mol. The van der Waals surface area contributed by atoms with E-state index in [0.29, 0.717) is 0 Å². The summed E-state index contributed by atoms with van der Waals surface area (Å²) in [5.41, 5.74) is 22.7. The average Bonchev–Trinajstić information content (AvgIpc) is 3.95. The molecule has 5 aliphatic rings. The number of hydrogen-bond acceptors (Lipinski definition) is 5. The topological polar surface area (TPSA) is 32.3 Å². The van der Waals surface area contributed by atoms with E-state index in [1.807, 2.05) is 18.0 Å². The molecule has 1 atom stereocenters. The SMILES string of the molecule is c1ccc(N2c3ccccc3N(c3cnc4c(c3)C3(c5ccccc5Sc5cc6c(cc53)-c3ccccc3C63c5ccccc5-c5ccccc53)c3cccnc3-4)c3ccccc32)cc1. The predicted molar refractivity (Wildman–Crippen MR) is 263 cm³/mol. The first-order valence-electron chi connectivity index (χ1n) is 22.3. The van der Waals surface area contributed by atoms with Gasteiger partial charge in [0.25, 0.3) is 0 Å². The first-order valence-corrected chi connectivity index (χ1v) is 23.1. The second-order valence-electron chi connectivity index (χ2n) is 17.6. The molecule has 2 aromatic heterocycles. The van der Waals surface area contributed by atoms with Gasteiger partial charge in [-0.15, -0.1) is 0 Å². The third-order valence-electron chi connectivity index (χ3n) is 14.7. The lowest BCUT2D eigenvalue weighted by Gasteiger charge is -2.42. The van der Waals surface area contributed by atoms with Crippen LogP contribution in [0.5, 0.6) is 0 Å². The van der Waals surface area contributed by atoms with Gasteiger partial charge in [0.15, 0.2) is 0 Å². The number of anilines is 6. The van der Waals surface area contributed by atoms with Crippen LogP contribution in [0.4, 0.5) is 34.1 Å². The molecule has 2 aliphatic heterocycles. The molecule has 15 rings (SSSR count). The Hall–Kier alpha value is -7.99. The van der Waals surface area contributed by atoms with Crippen molar-refractivity contribution in [2.45, 2.75) is 20.6 Å². The first-order chi connectivity index (χ1) is 32.3. The number of aromatic nitrogens is 2. The van der Waals surface area contributed by atoms with E-state index < -0.39 is 10.8 Å². The van der Waals surface area contributed by atoms with Crippen molar-refractivity contribution in [2.75, 3.05) is 9.80 Å². The lowest BCUT2D eigenvalue weighted by Crippen LogP contribution is -2.33. The minimum absolute atomic E-state index is 0.441. The average molecular weight is 845 g/mol. The standard InChI is InChI=1S/C60H36N4S/c1-2-17-37(18-3-1)63-51-27-11-13-29-53(51)64(54-30-14-12-28-52(54)63)38-33-50-58(62-36-38)57-47(26-16-32-61-57)60(50)46-25-10-15-31-55(46)65-56-35-48-42(34-49(56)60)41-21-6-9-24-45(41)59(48)43-22-7-4-19-39(43)40-20-5-8-23-44(40)59/h1-36H. The Morgan fingerprint density at radius 1 is 0.323 bits per heavy atom. The van der Waals surface area contributed by atoms with E-state index in [4.69, 9.17) is 9.97 Å². The Bertz CT molecular complexity index is 3600. The molecular weight excluding hydrogens is 809 g/mol. The normalized spacial score (nSPS) is 16.7. The molecule has 0 N–H and O–H groups in total. The Labute approximate surface area is 381 Å². The van der Waals surface area contributed by atoms with E-state index in [0.717, 1.165) is 51.1 Å². The largest absolute Gasteiger partial charge is 0.306 e. The summed E-state index contributed by atoms with van der Waals surface area (Å²) in [6.07, 6.45) is 3.98. The summed E-state index contributed by atoms with van der Waals surface area (Å²) in [7, 11) is 0. The number of benzene rings is 8. The number of rotatable bonds is 2. The van der Waals surface area contributed by atoms with Gasteiger partial charge in [-0.05, 0) is 128 Å². The summed E-state index contributed by atoms with van der Waals surface area (Å²) in [5, 5.41) is 0. The van der Waals surface area contributed by atoms with Crippen LogP contribution < -0.4 is 9.80 Å². The zero-order valence-corrected chi connectivity index (χ0v) is 35.8. The highest BCUT2D eigenvalue weighted by atomic mass is 32.2. The Morgan fingerprint density at radius 2 is 0.815 bits per heavy atom. The molecule has 0 fully saturated rings. The van der Waals surface area contributed by atoms with E-state index >= 15 is 0 Å². The molecule has 3 aliphatic carbocycles. The van der Waals surface area contributed by atoms with Crippen LogP contribution in [0.3, 0.4) is 0 Å². The van der Waals surface area contributed by atoms with Crippen molar-refractivity contribution in [1.29, 1.82) is 0 Å². The lowest BCUT2D eigenvalue weighted by atomic mass is 9.66. The second-order valence-corrected chi connectivity index (χ2v) is 18.7. The molecule has 5 heteroatoms. The third-order valence-corrected chi connectivity index (χ3v) is 15.9. The number of nitrogens with zero attached hydrogens (tertiary/aromatic N) is 4. The Balaban J connectivity index is 1.02. The molecular formula is C60H36N4S. The van der Waals surface area contributed by atoms with Gasteiger partial charge in [0.05, 0.1) is 56.9 Å². The van der Waals surface area contributed by atoms with Gasteiger partial charge in [-0.1, -0.05) is 151 Å². The van der Waals surface area contributed by atoms with Gasteiger partial charge < -0.3 is 9.80 Å². The fraction of sp³-hybridized carbons (Fsp3) is 0.0333. The molecule has 1 unspecified atom stereocenters. The molecule has 0 saturated heterocycles. The summed E-state index contributed by atoms with van der Waals surface area (Å²) in [6.45, 7) is 0. The van der Waals surface area contributed by atoms with Crippen LogP contribution in [-0.4, -0.2) is 9.97 Å². The molecule has 0 radical (unpaired) electrons. The van der Waals surface area contributed by atoms with Crippen LogP contribution in [0.1, 0.15) is 44.5 Å². The van der Waals surface area contributed by atoms with Gasteiger partial charge in [-0.3, -0.25) is 9.97 Å². The molecule has 2 spiro atoms. The zero-order chi connectivity index (χ0) is 42.4. The van der Waals surface area contributed by atoms with Crippen LogP contribution in [0.15, 0.2) is 228 Å².